The van der Waals surface area contributed by atoms with Crippen molar-refractivity contribution in [3.8, 4) is 0 Å². The molecule has 1 aliphatic heterocycles. The standard InChI is InChI=1S/C9H16F3NO2/c10-9(11,12)13-4-2-1-3-8(13)7-15-6-5-14/h8,14H,1-7H2/t8-/m0/s1. The number of hydrogen-bond donors (Lipinski definition) is 1. The highest BCUT2D eigenvalue weighted by Gasteiger charge is 2.42. The Hall–Kier alpha value is -0.330. The Kier molecular flexibility index (Phi) is 4.82. The van der Waals surface area contributed by atoms with Crippen molar-refractivity contribution >= 4 is 0 Å². The summed E-state index contributed by atoms with van der Waals surface area (Å²) in [5.41, 5.74) is 0. The second kappa shape index (κ2) is 5.67. The number of ether oxygens (including phenoxy) is 1. The van der Waals surface area contributed by atoms with Crippen molar-refractivity contribution in [3.63, 3.8) is 0 Å². The molecular formula is C9H16F3NO2. The van der Waals surface area contributed by atoms with Gasteiger partial charge in [-0.3, -0.25) is 0 Å². The van der Waals surface area contributed by atoms with E-state index in [1.807, 2.05) is 0 Å². The van der Waals surface area contributed by atoms with Gasteiger partial charge in [0.1, 0.15) is 0 Å². The smallest absolute Gasteiger partial charge is 0.394 e. The first-order valence-corrected chi connectivity index (χ1v) is 5.08. The Labute approximate surface area is 86.8 Å². The molecule has 3 nitrogen and oxygen atoms in total. The maximum atomic E-state index is 12.5. The van der Waals surface area contributed by atoms with Crippen molar-refractivity contribution < 1.29 is 23.0 Å². The predicted molar refractivity (Wildman–Crippen MR) is 48.3 cm³/mol. The average molecular weight is 227 g/mol. The number of rotatable bonds is 4. The van der Waals surface area contributed by atoms with Crippen molar-refractivity contribution in [2.75, 3.05) is 26.4 Å². The molecule has 0 aromatic carbocycles. The molecule has 0 aliphatic carbocycles. The highest BCUT2D eigenvalue weighted by atomic mass is 19.4. The zero-order valence-electron chi connectivity index (χ0n) is 8.46. The molecule has 1 fully saturated rings. The quantitative estimate of drug-likeness (QED) is 0.581. The minimum Gasteiger partial charge on any atom is -0.394 e. The van der Waals surface area contributed by atoms with Gasteiger partial charge in [0, 0.05) is 12.6 Å². The third-order valence-corrected chi connectivity index (χ3v) is 2.50. The van der Waals surface area contributed by atoms with E-state index in [1.165, 1.54) is 0 Å². The van der Waals surface area contributed by atoms with Crippen molar-refractivity contribution in [2.24, 2.45) is 0 Å². The van der Waals surface area contributed by atoms with Crippen LogP contribution in [-0.2, 0) is 4.74 Å². The van der Waals surface area contributed by atoms with Gasteiger partial charge in [-0.2, -0.15) is 13.2 Å². The fraction of sp³-hybridized carbons (Fsp3) is 1.00. The van der Waals surface area contributed by atoms with Crippen LogP contribution in [0.1, 0.15) is 19.3 Å². The van der Waals surface area contributed by atoms with Gasteiger partial charge in [0.25, 0.3) is 0 Å². The minimum absolute atomic E-state index is 0.0417. The Bertz CT molecular complexity index is 187. The van der Waals surface area contributed by atoms with Crippen LogP contribution in [0.3, 0.4) is 0 Å². The molecule has 0 bridgehead atoms. The highest BCUT2D eigenvalue weighted by molar-refractivity contribution is 4.78. The first-order chi connectivity index (χ1) is 7.05. The average Bonchev–Trinajstić information content (AvgIpc) is 2.17. The van der Waals surface area contributed by atoms with E-state index in [0.29, 0.717) is 17.7 Å². The Morgan fingerprint density at radius 3 is 2.67 bits per heavy atom. The van der Waals surface area contributed by atoms with E-state index >= 15 is 0 Å². The Morgan fingerprint density at radius 1 is 1.33 bits per heavy atom. The van der Waals surface area contributed by atoms with Gasteiger partial charge in [-0.05, 0) is 12.8 Å². The first kappa shape index (κ1) is 12.7. The zero-order chi connectivity index (χ0) is 11.3. The summed E-state index contributed by atoms with van der Waals surface area (Å²) < 4.78 is 42.5. The molecule has 0 spiro atoms. The minimum atomic E-state index is -4.27. The molecule has 6 heteroatoms. The topological polar surface area (TPSA) is 32.7 Å². The van der Waals surface area contributed by atoms with E-state index in [0.717, 1.165) is 6.42 Å². The molecule has 1 N–H and O–H groups in total. The number of hydrogen-bond acceptors (Lipinski definition) is 3. The largest absolute Gasteiger partial charge is 0.460 e. The molecule has 1 rings (SSSR count). The molecule has 0 aromatic heterocycles. The van der Waals surface area contributed by atoms with Gasteiger partial charge in [-0.1, -0.05) is 6.42 Å². The molecular weight excluding hydrogens is 211 g/mol. The van der Waals surface area contributed by atoms with Crippen LogP contribution in [0.4, 0.5) is 13.2 Å². The summed E-state index contributed by atoms with van der Waals surface area (Å²) in [6, 6.07) is -0.592. The summed E-state index contributed by atoms with van der Waals surface area (Å²) in [6.45, 7) is 0.0393. The number of aliphatic hydroxyl groups excluding tert-OH is 1. The summed E-state index contributed by atoms with van der Waals surface area (Å²) >= 11 is 0. The summed E-state index contributed by atoms with van der Waals surface area (Å²) in [7, 11) is 0. The molecule has 0 amide bonds. The molecule has 0 unspecified atom stereocenters. The van der Waals surface area contributed by atoms with Crippen LogP contribution in [0.15, 0.2) is 0 Å². The van der Waals surface area contributed by atoms with Crippen LogP contribution in [0.5, 0.6) is 0 Å². The van der Waals surface area contributed by atoms with Crippen molar-refractivity contribution in [1.82, 2.24) is 4.90 Å². The summed E-state index contributed by atoms with van der Waals surface area (Å²) in [5.74, 6) is 0. The molecule has 0 radical (unpaired) electrons. The lowest BCUT2D eigenvalue weighted by atomic mass is 10.0. The van der Waals surface area contributed by atoms with E-state index in [4.69, 9.17) is 9.84 Å². The van der Waals surface area contributed by atoms with Gasteiger partial charge < -0.3 is 9.84 Å². The van der Waals surface area contributed by atoms with Gasteiger partial charge in [-0.25, -0.2) is 4.90 Å². The molecule has 1 saturated heterocycles. The van der Waals surface area contributed by atoms with Gasteiger partial charge >= 0.3 is 6.30 Å². The van der Waals surface area contributed by atoms with Crippen molar-refractivity contribution in [2.45, 2.75) is 31.6 Å². The first-order valence-electron chi connectivity index (χ1n) is 5.08. The number of halogens is 3. The SMILES string of the molecule is OCCOC[C@@H]1CCCCN1C(F)(F)F. The maximum absolute atomic E-state index is 12.5. The van der Waals surface area contributed by atoms with E-state index in [2.05, 4.69) is 0 Å². The van der Waals surface area contributed by atoms with Crippen molar-refractivity contribution in [3.05, 3.63) is 0 Å². The number of piperidine rings is 1. The highest BCUT2D eigenvalue weighted by Crippen LogP contribution is 2.29. The number of alkyl halides is 3. The van der Waals surface area contributed by atoms with Crippen LogP contribution in [0.2, 0.25) is 0 Å². The lowest BCUT2D eigenvalue weighted by molar-refractivity contribution is -0.267. The van der Waals surface area contributed by atoms with E-state index in [1.54, 1.807) is 0 Å². The number of nitrogens with zero attached hydrogens (tertiary/aromatic N) is 1. The third-order valence-electron chi connectivity index (χ3n) is 2.50. The molecule has 1 heterocycles. The van der Waals surface area contributed by atoms with E-state index in [9.17, 15) is 13.2 Å². The molecule has 0 saturated carbocycles. The molecule has 1 atom stereocenters. The van der Waals surface area contributed by atoms with Gasteiger partial charge in [0.05, 0.1) is 19.8 Å². The maximum Gasteiger partial charge on any atom is 0.460 e. The zero-order valence-corrected chi connectivity index (χ0v) is 8.46. The second-order valence-electron chi connectivity index (χ2n) is 3.61. The summed E-state index contributed by atoms with van der Waals surface area (Å²) in [5, 5.41) is 8.46. The second-order valence-corrected chi connectivity index (χ2v) is 3.61. The Morgan fingerprint density at radius 2 is 2.07 bits per heavy atom. The van der Waals surface area contributed by atoms with Gasteiger partial charge in [0.2, 0.25) is 0 Å². The van der Waals surface area contributed by atoms with E-state index < -0.39 is 12.3 Å². The fourth-order valence-electron chi connectivity index (χ4n) is 1.79. The summed E-state index contributed by atoms with van der Waals surface area (Å²) in [4.78, 5) is 0.536. The fourth-order valence-corrected chi connectivity index (χ4v) is 1.79. The predicted octanol–water partition coefficient (Wildman–Crippen LogP) is 1.37. The van der Waals surface area contributed by atoms with Crippen LogP contribution < -0.4 is 0 Å². The van der Waals surface area contributed by atoms with Crippen molar-refractivity contribution in [1.29, 1.82) is 0 Å². The third kappa shape index (κ3) is 3.96. The number of aliphatic hydroxyl groups is 1. The van der Waals surface area contributed by atoms with Crippen LogP contribution >= 0.6 is 0 Å². The molecule has 90 valence electrons. The van der Waals surface area contributed by atoms with E-state index in [-0.39, 0.29) is 26.4 Å². The van der Waals surface area contributed by atoms with Crippen LogP contribution in [0, 0.1) is 0 Å². The lowest BCUT2D eigenvalue weighted by Crippen LogP contribution is -2.50. The molecule has 15 heavy (non-hydrogen) atoms. The normalized spacial score (nSPS) is 24.4. The number of likely N-dealkylation sites (tertiary alicyclic amines) is 1. The van der Waals surface area contributed by atoms with Gasteiger partial charge in [-0.15, -0.1) is 0 Å². The van der Waals surface area contributed by atoms with Gasteiger partial charge in [0.15, 0.2) is 0 Å². The molecule has 1 aliphatic rings. The lowest BCUT2D eigenvalue weighted by Gasteiger charge is -2.36. The van der Waals surface area contributed by atoms with Crippen LogP contribution in [-0.4, -0.2) is 48.7 Å². The van der Waals surface area contributed by atoms with Crippen LogP contribution in [0.25, 0.3) is 0 Å². The molecule has 0 aromatic rings. The monoisotopic (exact) mass is 227 g/mol. The summed E-state index contributed by atoms with van der Waals surface area (Å²) in [6.07, 6.45) is -2.38. The Balaban J connectivity index is 2.43.